The van der Waals surface area contributed by atoms with Crippen LogP contribution in [0.5, 0.6) is 0 Å². The van der Waals surface area contributed by atoms with E-state index in [4.69, 9.17) is 0 Å². The topological polar surface area (TPSA) is 56.5 Å². The molecule has 9 rings (SSSR count). The van der Waals surface area contributed by atoms with Gasteiger partial charge in [-0.15, -0.1) is 45.8 Å². The van der Waals surface area contributed by atoms with Gasteiger partial charge < -0.3 is 4.90 Å². The molecule has 1 atom stereocenters. The minimum atomic E-state index is 0.339. The number of rotatable bonds is 10. The smallest absolute Gasteiger partial charge is 0.150 e. The second-order valence-corrected chi connectivity index (χ2v) is 18.8. The average Bonchev–Trinajstić information content (AvgIpc) is 4.09. The molecule has 0 amide bonds. The highest BCUT2D eigenvalue weighted by molar-refractivity contribution is 8.09. The van der Waals surface area contributed by atoms with Gasteiger partial charge in [-0.25, -0.2) is 4.40 Å². The highest BCUT2D eigenvalue weighted by Crippen LogP contribution is 2.52. The lowest BCUT2D eigenvalue weighted by atomic mass is 9.92. The first-order chi connectivity index (χ1) is 28.4. The lowest BCUT2D eigenvalue weighted by molar-refractivity contribution is 0.112. The molecule has 1 aliphatic heterocycles. The fourth-order valence-corrected chi connectivity index (χ4v) is 12.7. The maximum Gasteiger partial charge on any atom is 0.150 e. The summed E-state index contributed by atoms with van der Waals surface area (Å²) in [6, 6.07) is 46.5. The molecule has 284 valence electrons. The summed E-state index contributed by atoms with van der Waals surface area (Å²) in [6.45, 7) is 4.31. The molecule has 4 nitrogen and oxygen atoms in total. The van der Waals surface area contributed by atoms with Crippen LogP contribution in [0, 0.1) is 19.3 Å². The van der Waals surface area contributed by atoms with Crippen LogP contribution in [0.2, 0.25) is 0 Å². The van der Waals surface area contributed by atoms with Crippen molar-refractivity contribution >= 4 is 109 Å². The molecule has 0 saturated carbocycles. The van der Waals surface area contributed by atoms with E-state index in [1.807, 2.05) is 36.0 Å². The van der Waals surface area contributed by atoms with E-state index in [1.165, 1.54) is 36.2 Å². The maximum absolute atomic E-state index is 11.1. The third kappa shape index (κ3) is 7.45. The summed E-state index contributed by atoms with van der Waals surface area (Å²) in [5.41, 5.74) is 11.6. The number of para-hydroxylation sites is 2. The number of thiol groups is 1. The van der Waals surface area contributed by atoms with E-state index < -0.39 is 0 Å². The van der Waals surface area contributed by atoms with Crippen molar-refractivity contribution in [1.29, 1.82) is 5.41 Å². The van der Waals surface area contributed by atoms with E-state index in [9.17, 15) is 10.2 Å². The summed E-state index contributed by atoms with van der Waals surface area (Å²) < 4.78 is 4.38. The van der Waals surface area contributed by atoms with Crippen LogP contribution in [-0.2, 0) is 0 Å². The molecule has 1 N–H and O–H groups in total. The maximum atomic E-state index is 11.1. The van der Waals surface area contributed by atoms with Crippen LogP contribution in [0.1, 0.15) is 53.4 Å². The van der Waals surface area contributed by atoms with Crippen molar-refractivity contribution in [2.24, 2.45) is 4.40 Å². The molecule has 58 heavy (non-hydrogen) atoms. The first-order valence-corrected chi connectivity index (χ1v) is 22.6. The highest BCUT2D eigenvalue weighted by atomic mass is 32.2. The number of nitrogens with zero attached hydrogens (tertiary/aromatic N) is 2. The Morgan fingerprint density at radius 3 is 1.91 bits per heavy atom. The molecule has 1 aliphatic carbocycles. The molecule has 0 bridgehead atoms. The van der Waals surface area contributed by atoms with Crippen molar-refractivity contribution in [3.05, 3.63) is 189 Å². The average molecular weight is 844 g/mol. The molecule has 1 unspecified atom stereocenters. The summed E-state index contributed by atoms with van der Waals surface area (Å²) in [5, 5.41) is 9.68. The van der Waals surface area contributed by atoms with Gasteiger partial charge in [0.25, 0.3) is 0 Å². The normalized spacial score (nSPS) is 16.0. The third-order valence-corrected chi connectivity index (χ3v) is 16.0. The Kier molecular flexibility index (Phi) is 10.9. The van der Waals surface area contributed by atoms with Crippen LogP contribution in [0.3, 0.4) is 0 Å². The number of thioether (sulfide) groups is 1. The van der Waals surface area contributed by atoms with Gasteiger partial charge >= 0.3 is 0 Å². The van der Waals surface area contributed by atoms with Gasteiger partial charge in [0.2, 0.25) is 0 Å². The first kappa shape index (κ1) is 38.2. The molecule has 4 heterocycles. The number of aryl methyl sites for hydroxylation is 2. The number of carbonyl (C=O) groups is 1. The number of aldehydes is 1. The van der Waals surface area contributed by atoms with Crippen molar-refractivity contribution in [3.8, 4) is 20.2 Å². The van der Waals surface area contributed by atoms with Crippen LogP contribution >= 0.6 is 58.6 Å². The van der Waals surface area contributed by atoms with Gasteiger partial charge in [0.05, 0.1) is 5.71 Å². The van der Waals surface area contributed by atoms with Gasteiger partial charge in [-0.05, 0) is 116 Å². The Hall–Kier alpha value is -5.29. The second kappa shape index (κ2) is 16.5. The molecule has 0 radical (unpaired) electrons. The fraction of sp³-hybridized carbons (Fsp3) is 0.0816. The van der Waals surface area contributed by atoms with Crippen molar-refractivity contribution < 1.29 is 4.79 Å². The zero-order valence-corrected chi connectivity index (χ0v) is 35.8. The Bertz CT molecular complexity index is 2750. The molecule has 0 fully saturated rings. The third-order valence-electron chi connectivity index (χ3n) is 10.4. The van der Waals surface area contributed by atoms with Gasteiger partial charge in [-0.1, -0.05) is 91.0 Å². The molecule has 7 aromatic rings. The molecule has 0 saturated heterocycles. The molecular weight excluding hydrogens is 807 g/mol. The van der Waals surface area contributed by atoms with Crippen LogP contribution < -0.4 is 4.90 Å². The number of nitrogens with one attached hydrogen (secondary N) is 1. The Balaban J connectivity index is 0.925. The number of carbonyl (C=O) groups excluding carboxylic acids is 1. The van der Waals surface area contributed by atoms with E-state index in [0.29, 0.717) is 22.2 Å². The van der Waals surface area contributed by atoms with Gasteiger partial charge in [-0.3, -0.25) is 10.2 Å². The van der Waals surface area contributed by atoms with E-state index in [-0.39, 0.29) is 0 Å². The van der Waals surface area contributed by atoms with Gasteiger partial charge in [0, 0.05) is 73.2 Å². The molecular formula is C49H37N3OS5. The van der Waals surface area contributed by atoms with Crippen molar-refractivity contribution in [3.63, 3.8) is 0 Å². The highest BCUT2D eigenvalue weighted by Gasteiger charge is 2.28. The van der Waals surface area contributed by atoms with Crippen molar-refractivity contribution in [1.82, 2.24) is 0 Å². The number of hydrogen-bond acceptors (Lipinski definition) is 9. The van der Waals surface area contributed by atoms with Crippen LogP contribution in [0.25, 0.3) is 36.2 Å². The lowest BCUT2D eigenvalue weighted by Gasteiger charge is -2.25. The standard InChI is InChI=1S/C49H37N3OS5/c1-30-27-44(57-48(30)42-26-24-41(56-42)34-17-19-37(20-18-34)52(35-9-5-3-6-10-35)36-11-7-4-8-12-36)38-21-22-39(47(51-54)46(38)50)45-28-31(2)49(58-45)43-25-23-40(55-43)33-15-13-32(29-53)14-16-33/h3-23,25-29,41,50,54H,24H2,1-2H3/b50-46?,51-47-. The second-order valence-electron chi connectivity index (χ2n) is 14.1. The predicted molar refractivity (Wildman–Crippen MR) is 256 cm³/mol. The Labute approximate surface area is 360 Å². The summed E-state index contributed by atoms with van der Waals surface area (Å²) in [7, 11) is 0. The SMILES string of the molecule is Cc1cc(C2=CC=C(c3cc(C)c(-c4ccc(-c5ccc(C=O)cc5)s4)s3)/C(=N/S)C2=N)sc1C1=CCC(c2ccc(N(c3ccccc3)c3ccccc3)cc2)S1. The number of hydrogen-bond donors (Lipinski definition) is 2. The zero-order chi connectivity index (χ0) is 39.8. The van der Waals surface area contributed by atoms with Crippen molar-refractivity contribution in [2.45, 2.75) is 25.5 Å². The van der Waals surface area contributed by atoms with Gasteiger partial charge in [-0.2, -0.15) is 0 Å². The van der Waals surface area contributed by atoms with E-state index >= 15 is 0 Å². The molecule has 9 heteroatoms. The van der Waals surface area contributed by atoms with Crippen LogP contribution in [0.4, 0.5) is 17.1 Å². The number of benzene rings is 4. The minimum Gasteiger partial charge on any atom is -0.311 e. The quantitative estimate of drug-likeness (QED) is 0.0819. The van der Waals surface area contributed by atoms with Gasteiger partial charge in [0.15, 0.2) is 0 Å². The van der Waals surface area contributed by atoms with Crippen LogP contribution in [0.15, 0.2) is 156 Å². The van der Waals surface area contributed by atoms with E-state index in [1.54, 1.807) is 34.0 Å². The predicted octanol–water partition coefficient (Wildman–Crippen LogP) is 15.1. The number of anilines is 3. The van der Waals surface area contributed by atoms with Gasteiger partial charge in [0.1, 0.15) is 12.0 Å². The Morgan fingerprint density at radius 1 is 0.672 bits per heavy atom. The number of thiophene rings is 3. The summed E-state index contributed by atoms with van der Waals surface area (Å²) in [6.07, 6.45) is 8.39. The van der Waals surface area contributed by atoms with E-state index in [0.717, 1.165) is 61.1 Å². The Morgan fingerprint density at radius 2 is 1.26 bits per heavy atom. The van der Waals surface area contributed by atoms with Crippen LogP contribution in [-0.4, -0.2) is 17.7 Å². The lowest BCUT2D eigenvalue weighted by Crippen LogP contribution is -2.18. The van der Waals surface area contributed by atoms with E-state index in [2.05, 4.69) is 163 Å². The molecule has 3 aromatic heterocycles. The molecule has 4 aromatic carbocycles. The summed E-state index contributed by atoms with van der Waals surface area (Å²) in [4.78, 5) is 21.7. The number of allylic oxidation sites excluding steroid dienone is 5. The minimum absolute atomic E-state index is 0.339. The fourth-order valence-electron chi connectivity index (χ4n) is 7.41. The zero-order valence-electron chi connectivity index (χ0n) is 31.7. The monoisotopic (exact) mass is 843 g/mol. The van der Waals surface area contributed by atoms with Crippen molar-refractivity contribution in [2.75, 3.05) is 4.90 Å². The largest absolute Gasteiger partial charge is 0.311 e. The molecule has 0 spiro atoms. The first-order valence-electron chi connectivity index (χ1n) is 18.9. The summed E-state index contributed by atoms with van der Waals surface area (Å²) in [5.74, 6) is 0. The summed E-state index contributed by atoms with van der Waals surface area (Å²) >= 11 is 11.5. The molecule has 2 aliphatic rings.